The molecule has 5 nitrogen and oxygen atoms in total. The summed E-state index contributed by atoms with van der Waals surface area (Å²) in [6, 6.07) is 7.56. The van der Waals surface area contributed by atoms with Crippen LogP contribution in [-0.2, 0) is 6.42 Å². The van der Waals surface area contributed by atoms with Gasteiger partial charge in [-0.3, -0.25) is 4.79 Å². The van der Waals surface area contributed by atoms with E-state index in [1.807, 2.05) is 31.2 Å². The SMILES string of the molecule is CCCCc1c(C(=O)O)c(=O)cnn1-c1ccc(I)cc1. The molecule has 0 amide bonds. The van der Waals surface area contributed by atoms with Gasteiger partial charge in [-0.15, -0.1) is 0 Å². The van der Waals surface area contributed by atoms with Crippen molar-refractivity contribution in [2.75, 3.05) is 0 Å². The zero-order valence-corrected chi connectivity index (χ0v) is 13.7. The number of rotatable bonds is 5. The lowest BCUT2D eigenvalue weighted by molar-refractivity contribution is 0.0693. The molecule has 1 heterocycles. The van der Waals surface area contributed by atoms with Crippen LogP contribution in [0.4, 0.5) is 0 Å². The summed E-state index contributed by atoms with van der Waals surface area (Å²) in [5.41, 5.74) is 0.481. The molecule has 1 N–H and O–H groups in total. The van der Waals surface area contributed by atoms with Crippen LogP contribution in [0.3, 0.4) is 0 Å². The van der Waals surface area contributed by atoms with Gasteiger partial charge in [-0.1, -0.05) is 13.3 Å². The fourth-order valence-electron chi connectivity index (χ4n) is 2.10. The molecule has 0 unspecified atom stereocenters. The highest BCUT2D eigenvalue weighted by Crippen LogP contribution is 2.16. The molecule has 0 spiro atoms. The van der Waals surface area contributed by atoms with E-state index < -0.39 is 11.4 Å². The highest BCUT2D eigenvalue weighted by Gasteiger charge is 2.19. The third kappa shape index (κ3) is 3.49. The summed E-state index contributed by atoms with van der Waals surface area (Å²) in [4.78, 5) is 23.2. The minimum Gasteiger partial charge on any atom is -0.477 e. The zero-order chi connectivity index (χ0) is 15.4. The predicted molar refractivity (Wildman–Crippen MR) is 88.1 cm³/mol. The topological polar surface area (TPSA) is 72.2 Å². The highest BCUT2D eigenvalue weighted by atomic mass is 127. The number of carboxylic acids is 1. The molecule has 0 aliphatic carbocycles. The second kappa shape index (κ2) is 6.84. The van der Waals surface area contributed by atoms with Gasteiger partial charge in [0.25, 0.3) is 0 Å². The molecule has 0 saturated carbocycles. The summed E-state index contributed by atoms with van der Waals surface area (Å²) in [6.07, 6.45) is 3.29. The van der Waals surface area contributed by atoms with Gasteiger partial charge in [0.1, 0.15) is 5.56 Å². The molecule has 0 aliphatic rings. The monoisotopic (exact) mass is 398 g/mol. The van der Waals surface area contributed by atoms with Crippen LogP contribution < -0.4 is 5.43 Å². The zero-order valence-electron chi connectivity index (χ0n) is 11.5. The lowest BCUT2D eigenvalue weighted by Gasteiger charge is -2.14. The number of halogens is 1. The molecule has 1 aromatic heterocycles. The van der Waals surface area contributed by atoms with E-state index in [2.05, 4.69) is 27.7 Å². The van der Waals surface area contributed by atoms with Gasteiger partial charge in [0.05, 0.1) is 17.6 Å². The summed E-state index contributed by atoms with van der Waals surface area (Å²) in [5, 5.41) is 13.4. The highest BCUT2D eigenvalue weighted by molar-refractivity contribution is 14.1. The quantitative estimate of drug-likeness (QED) is 0.787. The van der Waals surface area contributed by atoms with Gasteiger partial charge in [0.15, 0.2) is 0 Å². The van der Waals surface area contributed by atoms with Gasteiger partial charge in [-0.2, -0.15) is 5.10 Å². The molecule has 1 aromatic carbocycles. The average Bonchev–Trinajstić information content (AvgIpc) is 2.45. The van der Waals surface area contributed by atoms with E-state index in [-0.39, 0.29) is 5.56 Å². The van der Waals surface area contributed by atoms with Crippen LogP contribution in [-0.4, -0.2) is 20.9 Å². The Morgan fingerprint density at radius 1 is 1.33 bits per heavy atom. The van der Waals surface area contributed by atoms with Crippen molar-refractivity contribution in [2.24, 2.45) is 0 Å². The fraction of sp³-hybridized carbons (Fsp3) is 0.267. The second-order valence-electron chi connectivity index (χ2n) is 4.63. The van der Waals surface area contributed by atoms with Crippen LogP contribution in [0.2, 0.25) is 0 Å². The van der Waals surface area contributed by atoms with Crippen LogP contribution in [0.15, 0.2) is 35.3 Å². The van der Waals surface area contributed by atoms with Gasteiger partial charge >= 0.3 is 5.97 Å². The maximum atomic E-state index is 11.8. The molecule has 2 rings (SSSR count). The lowest BCUT2D eigenvalue weighted by atomic mass is 10.1. The summed E-state index contributed by atoms with van der Waals surface area (Å²) >= 11 is 2.20. The Morgan fingerprint density at radius 3 is 2.57 bits per heavy atom. The molecule has 2 aromatic rings. The number of benzene rings is 1. The average molecular weight is 398 g/mol. The summed E-state index contributed by atoms with van der Waals surface area (Å²) < 4.78 is 2.63. The van der Waals surface area contributed by atoms with Crippen molar-refractivity contribution in [3.05, 3.63) is 55.5 Å². The van der Waals surface area contributed by atoms with Crippen molar-refractivity contribution in [1.29, 1.82) is 0 Å². The van der Waals surface area contributed by atoms with Crippen molar-refractivity contribution >= 4 is 28.6 Å². The molecule has 110 valence electrons. The van der Waals surface area contributed by atoms with Crippen LogP contribution >= 0.6 is 22.6 Å². The smallest absolute Gasteiger partial charge is 0.341 e. The Kier molecular flexibility index (Phi) is 5.11. The molecule has 6 heteroatoms. The van der Waals surface area contributed by atoms with Crippen molar-refractivity contribution in [3.63, 3.8) is 0 Å². The molecule has 0 radical (unpaired) electrons. The Balaban J connectivity index is 2.64. The Bertz CT molecular complexity index is 708. The first-order valence-corrected chi connectivity index (χ1v) is 7.73. The summed E-state index contributed by atoms with van der Waals surface area (Å²) in [7, 11) is 0. The van der Waals surface area contributed by atoms with Gasteiger partial charge in [0, 0.05) is 3.57 Å². The Morgan fingerprint density at radius 2 is 2.00 bits per heavy atom. The van der Waals surface area contributed by atoms with Crippen LogP contribution in [0.5, 0.6) is 0 Å². The van der Waals surface area contributed by atoms with E-state index in [1.165, 1.54) is 0 Å². The fourth-order valence-corrected chi connectivity index (χ4v) is 2.46. The Hall–Kier alpha value is -1.70. The molecular weight excluding hydrogens is 383 g/mol. The summed E-state index contributed by atoms with van der Waals surface area (Å²) in [6.45, 7) is 2.02. The number of hydrogen-bond acceptors (Lipinski definition) is 3. The van der Waals surface area contributed by atoms with E-state index in [9.17, 15) is 14.7 Å². The van der Waals surface area contributed by atoms with Gasteiger partial charge < -0.3 is 5.11 Å². The van der Waals surface area contributed by atoms with Crippen LogP contribution in [0.25, 0.3) is 5.69 Å². The number of unbranched alkanes of at least 4 members (excludes halogenated alkanes) is 1. The van der Waals surface area contributed by atoms with Crippen LogP contribution in [0, 0.1) is 3.57 Å². The van der Waals surface area contributed by atoms with Gasteiger partial charge in [0.2, 0.25) is 5.43 Å². The molecule has 0 aliphatic heterocycles. The van der Waals surface area contributed by atoms with Crippen LogP contribution in [0.1, 0.15) is 35.8 Å². The maximum Gasteiger partial charge on any atom is 0.341 e. The lowest BCUT2D eigenvalue weighted by Crippen LogP contribution is -2.24. The number of nitrogens with zero attached hydrogens (tertiary/aromatic N) is 2. The summed E-state index contributed by atoms with van der Waals surface area (Å²) in [5.74, 6) is -1.20. The third-order valence-corrected chi connectivity index (χ3v) is 3.85. The van der Waals surface area contributed by atoms with E-state index in [4.69, 9.17) is 0 Å². The first kappa shape index (κ1) is 15.7. The van der Waals surface area contributed by atoms with Gasteiger partial charge in [-0.05, 0) is 59.7 Å². The number of aromatic nitrogens is 2. The van der Waals surface area contributed by atoms with E-state index in [0.29, 0.717) is 12.1 Å². The predicted octanol–water partition coefficient (Wildman–Crippen LogP) is 2.88. The number of carbonyl (C=O) groups is 1. The maximum absolute atomic E-state index is 11.8. The van der Waals surface area contributed by atoms with Crippen molar-refractivity contribution in [1.82, 2.24) is 9.78 Å². The van der Waals surface area contributed by atoms with E-state index in [0.717, 1.165) is 28.3 Å². The number of carboxylic acid groups (broad SMARTS) is 1. The van der Waals surface area contributed by atoms with Crippen molar-refractivity contribution in [2.45, 2.75) is 26.2 Å². The first-order valence-electron chi connectivity index (χ1n) is 6.65. The van der Waals surface area contributed by atoms with Crippen molar-refractivity contribution in [3.8, 4) is 5.69 Å². The van der Waals surface area contributed by atoms with Crippen molar-refractivity contribution < 1.29 is 9.90 Å². The first-order chi connectivity index (χ1) is 10.0. The minimum absolute atomic E-state index is 0.183. The second-order valence-corrected chi connectivity index (χ2v) is 5.87. The molecule has 21 heavy (non-hydrogen) atoms. The normalized spacial score (nSPS) is 10.6. The number of hydrogen-bond donors (Lipinski definition) is 1. The molecule has 0 bridgehead atoms. The largest absolute Gasteiger partial charge is 0.477 e. The molecule has 0 fully saturated rings. The molecule has 0 atom stereocenters. The standard InChI is InChI=1S/C15H15IN2O3/c1-2-3-4-12-14(15(20)21)13(19)9-17-18(12)11-7-5-10(16)6-8-11/h5-9H,2-4H2,1H3,(H,20,21). The van der Waals surface area contributed by atoms with E-state index >= 15 is 0 Å². The van der Waals surface area contributed by atoms with E-state index in [1.54, 1.807) is 4.68 Å². The third-order valence-electron chi connectivity index (χ3n) is 3.13. The minimum atomic E-state index is -1.20. The Labute approximate surface area is 135 Å². The molecule has 0 saturated heterocycles. The molecular formula is C15H15IN2O3. The van der Waals surface area contributed by atoms with Gasteiger partial charge in [-0.25, -0.2) is 9.48 Å². The number of aromatic carboxylic acids is 1.